The highest BCUT2D eigenvalue weighted by Crippen LogP contribution is 2.23. The van der Waals surface area contributed by atoms with Crippen molar-refractivity contribution in [3.8, 4) is 11.3 Å². The van der Waals surface area contributed by atoms with Crippen LogP contribution in [0.1, 0.15) is 25.7 Å². The second-order valence-electron chi connectivity index (χ2n) is 7.14. The Morgan fingerprint density at radius 1 is 1.10 bits per heavy atom. The summed E-state index contributed by atoms with van der Waals surface area (Å²) in [7, 11) is 0. The van der Waals surface area contributed by atoms with Crippen LogP contribution in [0.2, 0.25) is 0 Å². The highest BCUT2D eigenvalue weighted by Gasteiger charge is 2.12. The molecule has 0 radical (unpaired) electrons. The number of amides is 1. The summed E-state index contributed by atoms with van der Waals surface area (Å²) in [6.45, 7) is 6.82. The Balaban J connectivity index is 1.54. The number of rotatable bonds is 5. The maximum absolute atomic E-state index is 12.9. The lowest BCUT2D eigenvalue weighted by atomic mass is 10.0. The van der Waals surface area contributed by atoms with Crippen molar-refractivity contribution in [2.24, 2.45) is 0 Å². The Morgan fingerprint density at radius 3 is 2.69 bits per heavy atom. The topological polar surface area (TPSA) is 68.4 Å². The summed E-state index contributed by atoms with van der Waals surface area (Å²) >= 11 is 1.46. The molecule has 148 valence electrons. The van der Waals surface area contributed by atoms with Crippen LogP contribution in [0, 0.1) is 20.8 Å². The number of carbonyl (C=O) groups excluding carboxylic acids is 1. The molecule has 0 fully saturated rings. The monoisotopic (exact) mass is 406 g/mol. The van der Waals surface area contributed by atoms with Crippen molar-refractivity contribution in [3.63, 3.8) is 0 Å². The van der Waals surface area contributed by atoms with Gasteiger partial charge in [-0.3, -0.25) is 9.59 Å². The third kappa shape index (κ3) is 3.86. The number of thiophene rings is 1. The maximum Gasteiger partial charge on any atom is 0.276 e. The van der Waals surface area contributed by atoms with E-state index in [1.165, 1.54) is 11.3 Å². The molecule has 1 N–H and O–H groups in total. The fourth-order valence-electron chi connectivity index (χ4n) is 3.28. The number of benzene rings is 1. The van der Waals surface area contributed by atoms with Crippen LogP contribution in [0.25, 0.3) is 16.8 Å². The lowest BCUT2D eigenvalue weighted by Crippen LogP contribution is -2.30. The van der Waals surface area contributed by atoms with E-state index in [9.17, 15) is 9.59 Å². The number of nitrogens with zero attached hydrogens (tertiary/aromatic N) is 3. The SMILES string of the molecule is Cc1ccc(C)c(-c2cc3c(=O)n(CCNC(=O)c4ccc(C)s4)ccn3n2)c1. The highest BCUT2D eigenvalue weighted by molar-refractivity contribution is 7.13. The largest absolute Gasteiger partial charge is 0.350 e. The molecule has 0 saturated heterocycles. The Morgan fingerprint density at radius 2 is 1.93 bits per heavy atom. The number of aromatic nitrogens is 3. The number of fused-ring (bicyclic) bond motifs is 1. The first kappa shape index (κ1) is 19.1. The number of hydrogen-bond acceptors (Lipinski definition) is 4. The Labute approximate surface area is 172 Å². The summed E-state index contributed by atoms with van der Waals surface area (Å²) in [4.78, 5) is 26.8. The van der Waals surface area contributed by atoms with Crippen molar-refractivity contribution in [2.45, 2.75) is 27.3 Å². The lowest BCUT2D eigenvalue weighted by Gasteiger charge is -2.07. The van der Waals surface area contributed by atoms with Crippen LogP contribution in [0.4, 0.5) is 0 Å². The minimum atomic E-state index is -0.127. The minimum Gasteiger partial charge on any atom is -0.350 e. The minimum absolute atomic E-state index is 0.112. The molecule has 6 nitrogen and oxygen atoms in total. The molecular weight excluding hydrogens is 384 g/mol. The molecule has 0 atom stereocenters. The third-order valence-corrected chi connectivity index (χ3v) is 5.87. The highest BCUT2D eigenvalue weighted by atomic mass is 32.1. The van der Waals surface area contributed by atoms with Gasteiger partial charge in [0, 0.05) is 35.9 Å². The van der Waals surface area contributed by atoms with Gasteiger partial charge in [-0.25, -0.2) is 4.52 Å². The van der Waals surface area contributed by atoms with E-state index in [0.29, 0.717) is 23.5 Å². The molecule has 1 amide bonds. The molecule has 7 heteroatoms. The molecule has 0 unspecified atom stereocenters. The second kappa shape index (κ2) is 7.67. The molecule has 0 saturated carbocycles. The molecule has 0 aliphatic carbocycles. The molecule has 0 bridgehead atoms. The van der Waals surface area contributed by atoms with Crippen LogP contribution in [0.3, 0.4) is 0 Å². The van der Waals surface area contributed by atoms with Gasteiger partial charge < -0.3 is 9.88 Å². The van der Waals surface area contributed by atoms with Crippen molar-refractivity contribution >= 4 is 22.8 Å². The Kier molecular flexibility index (Phi) is 5.07. The summed E-state index contributed by atoms with van der Waals surface area (Å²) < 4.78 is 3.22. The van der Waals surface area contributed by atoms with Crippen LogP contribution in [0.15, 0.2) is 53.6 Å². The van der Waals surface area contributed by atoms with Crippen LogP contribution >= 0.6 is 11.3 Å². The van der Waals surface area contributed by atoms with E-state index in [-0.39, 0.29) is 11.5 Å². The van der Waals surface area contributed by atoms with Gasteiger partial charge in [-0.2, -0.15) is 5.10 Å². The zero-order chi connectivity index (χ0) is 20.5. The van der Waals surface area contributed by atoms with Gasteiger partial charge in [0.15, 0.2) is 0 Å². The Hall–Kier alpha value is -3.19. The molecule has 1 aromatic carbocycles. The summed E-state index contributed by atoms with van der Waals surface area (Å²) in [6.07, 6.45) is 3.48. The molecule has 3 heterocycles. The average Bonchev–Trinajstić information content (AvgIpc) is 3.32. The van der Waals surface area contributed by atoms with E-state index in [2.05, 4.69) is 28.6 Å². The summed E-state index contributed by atoms with van der Waals surface area (Å²) in [5, 5.41) is 7.44. The van der Waals surface area contributed by atoms with Gasteiger partial charge in [-0.05, 0) is 50.6 Å². The van der Waals surface area contributed by atoms with Crippen molar-refractivity contribution in [2.75, 3.05) is 6.54 Å². The zero-order valence-corrected chi connectivity index (χ0v) is 17.4. The third-order valence-electron chi connectivity index (χ3n) is 4.87. The van der Waals surface area contributed by atoms with Crippen molar-refractivity contribution in [1.82, 2.24) is 19.5 Å². The summed E-state index contributed by atoms with van der Waals surface area (Å²) in [6, 6.07) is 11.8. The van der Waals surface area contributed by atoms with E-state index in [1.54, 1.807) is 21.5 Å². The number of nitrogens with one attached hydrogen (secondary N) is 1. The standard InChI is InChI=1S/C22H22N4O2S/c1-14-4-5-15(2)17(12-14)18-13-19-22(28)25(10-11-26(19)24-18)9-8-23-21(27)20-7-6-16(3)29-20/h4-7,10-13H,8-9H2,1-3H3,(H,23,27). The number of hydrogen-bond donors (Lipinski definition) is 1. The molecule has 0 aliphatic heterocycles. The van der Waals surface area contributed by atoms with Gasteiger partial charge in [-0.15, -0.1) is 11.3 Å². The van der Waals surface area contributed by atoms with Gasteiger partial charge in [0.25, 0.3) is 11.5 Å². The maximum atomic E-state index is 12.9. The van der Waals surface area contributed by atoms with Crippen molar-refractivity contribution < 1.29 is 4.79 Å². The summed E-state index contributed by atoms with van der Waals surface area (Å²) in [5.41, 5.74) is 4.46. The average molecular weight is 407 g/mol. The predicted molar refractivity (Wildman–Crippen MR) is 116 cm³/mol. The van der Waals surface area contributed by atoms with E-state index >= 15 is 0 Å². The van der Waals surface area contributed by atoms with Gasteiger partial charge in [-0.1, -0.05) is 17.7 Å². The predicted octanol–water partition coefficient (Wildman–Crippen LogP) is 3.58. The molecule has 4 aromatic rings. The first-order valence-corrected chi connectivity index (χ1v) is 10.2. The fraction of sp³-hybridized carbons (Fsp3) is 0.227. The van der Waals surface area contributed by atoms with E-state index in [4.69, 9.17) is 0 Å². The van der Waals surface area contributed by atoms with Gasteiger partial charge in [0.2, 0.25) is 0 Å². The summed E-state index contributed by atoms with van der Waals surface area (Å²) in [5.74, 6) is -0.112. The molecule has 0 spiro atoms. The number of carbonyl (C=O) groups is 1. The zero-order valence-electron chi connectivity index (χ0n) is 16.6. The van der Waals surface area contributed by atoms with Crippen LogP contribution in [0.5, 0.6) is 0 Å². The van der Waals surface area contributed by atoms with Crippen molar-refractivity contribution in [3.05, 3.63) is 80.0 Å². The van der Waals surface area contributed by atoms with Crippen molar-refractivity contribution in [1.29, 1.82) is 0 Å². The quantitative estimate of drug-likeness (QED) is 0.551. The smallest absolute Gasteiger partial charge is 0.276 e. The van der Waals surface area contributed by atoms with E-state index in [1.807, 2.05) is 39.0 Å². The van der Waals surface area contributed by atoms with Crippen LogP contribution < -0.4 is 10.9 Å². The molecule has 4 rings (SSSR count). The van der Waals surface area contributed by atoms with Gasteiger partial charge >= 0.3 is 0 Å². The molecule has 3 aromatic heterocycles. The lowest BCUT2D eigenvalue weighted by molar-refractivity contribution is 0.0956. The van der Waals surface area contributed by atoms with E-state index in [0.717, 1.165) is 27.3 Å². The first-order valence-electron chi connectivity index (χ1n) is 9.43. The normalized spacial score (nSPS) is 11.1. The first-order chi connectivity index (χ1) is 13.9. The van der Waals surface area contributed by atoms with Crippen LogP contribution in [-0.4, -0.2) is 26.6 Å². The molecule has 0 aliphatic rings. The van der Waals surface area contributed by atoms with E-state index < -0.39 is 0 Å². The van der Waals surface area contributed by atoms with Crippen LogP contribution in [-0.2, 0) is 6.54 Å². The molecule has 29 heavy (non-hydrogen) atoms. The Bertz CT molecular complexity index is 1270. The number of aryl methyl sites for hydroxylation is 3. The van der Waals surface area contributed by atoms with Gasteiger partial charge in [0.1, 0.15) is 5.52 Å². The second-order valence-corrected chi connectivity index (χ2v) is 8.43. The fourth-order valence-corrected chi connectivity index (χ4v) is 4.06. The van der Waals surface area contributed by atoms with Gasteiger partial charge in [0.05, 0.1) is 10.6 Å². The molecular formula is C22H22N4O2S.